The van der Waals surface area contributed by atoms with Crippen molar-refractivity contribution in [1.82, 2.24) is 0 Å². The summed E-state index contributed by atoms with van der Waals surface area (Å²) in [5, 5.41) is 0. The first-order valence-corrected chi connectivity index (χ1v) is 10.2. The average Bonchev–Trinajstić information content (AvgIpc) is 2.69. The first-order chi connectivity index (χ1) is 14.0. The Morgan fingerprint density at radius 1 is 0.586 bits per heavy atom. The SMILES string of the molecule is Cc1ccc(-c2cc(C)c(-c3ccc[n+](C)c3-c3ccccc3C)c(C)c2)cc1. The lowest BCUT2D eigenvalue weighted by atomic mass is 9.88. The van der Waals surface area contributed by atoms with Gasteiger partial charge in [-0.05, 0) is 73.2 Å². The lowest BCUT2D eigenvalue weighted by Gasteiger charge is -2.16. The van der Waals surface area contributed by atoms with Gasteiger partial charge in [-0.15, -0.1) is 0 Å². The molecule has 0 saturated carbocycles. The molecule has 0 aliphatic rings. The number of nitrogens with zero attached hydrogens (tertiary/aromatic N) is 1. The van der Waals surface area contributed by atoms with Gasteiger partial charge in [-0.3, -0.25) is 0 Å². The lowest BCUT2D eigenvalue weighted by Crippen LogP contribution is -2.31. The van der Waals surface area contributed by atoms with E-state index in [0.717, 1.165) is 0 Å². The Morgan fingerprint density at radius 2 is 1.21 bits per heavy atom. The summed E-state index contributed by atoms with van der Waals surface area (Å²) in [6.45, 7) is 8.78. The first-order valence-electron chi connectivity index (χ1n) is 10.2. The van der Waals surface area contributed by atoms with E-state index < -0.39 is 0 Å². The summed E-state index contributed by atoms with van der Waals surface area (Å²) in [6.07, 6.45) is 2.14. The van der Waals surface area contributed by atoms with Crippen LogP contribution in [0, 0.1) is 27.7 Å². The van der Waals surface area contributed by atoms with E-state index in [0.29, 0.717) is 0 Å². The highest BCUT2D eigenvalue weighted by molar-refractivity contribution is 5.85. The van der Waals surface area contributed by atoms with E-state index in [1.165, 1.54) is 55.8 Å². The third-order valence-corrected chi connectivity index (χ3v) is 5.77. The molecule has 0 spiro atoms. The van der Waals surface area contributed by atoms with Gasteiger partial charge in [-0.1, -0.05) is 60.2 Å². The maximum absolute atomic E-state index is 2.32. The fourth-order valence-electron chi connectivity index (χ4n) is 4.29. The molecular formula is C28H28N+. The van der Waals surface area contributed by atoms with Crippen molar-refractivity contribution in [3.63, 3.8) is 0 Å². The van der Waals surface area contributed by atoms with Gasteiger partial charge in [-0.25, -0.2) is 4.57 Å². The minimum atomic E-state index is 1.26. The van der Waals surface area contributed by atoms with Crippen LogP contribution in [-0.2, 0) is 7.05 Å². The van der Waals surface area contributed by atoms with E-state index in [1.54, 1.807) is 0 Å². The predicted octanol–water partition coefficient (Wildman–Crippen LogP) is 6.75. The van der Waals surface area contributed by atoms with E-state index in [2.05, 4.69) is 118 Å². The third-order valence-electron chi connectivity index (χ3n) is 5.77. The Hall–Kier alpha value is -3.19. The van der Waals surface area contributed by atoms with E-state index >= 15 is 0 Å². The molecule has 1 heteroatoms. The summed E-state index contributed by atoms with van der Waals surface area (Å²) in [7, 11) is 2.14. The number of benzene rings is 3. The molecule has 1 heterocycles. The first kappa shape index (κ1) is 19.1. The summed E-state index contributed by atoms with van der Waals surface area (Å²) in [6, 6.07) is 26.5. The minimum Gasteiger partial charge on any atom is -0.200 e. The smallest absolute Gasteiger partial charge is 0.200 e. The minimum absolute atomic E-state index is 1.26. The van der Waals surface area contributed by atoms with Gasteiger partial charge in [0.1, 0.15) is 7.05 Å². The molecule has 0 saturated heterocycles. The molecule has 0 aliphatic carbocycles. The Balaban J connectivity index is 1.92. The van der Waals surface area contributed by atoms with Crippen molar-refractivity contribution < 1.29 is 4.57 Å². The second-order valence-corrected chi connectivity index (χ2v) is 8.05. The van der Waals surface area contributed by atoms with Crippen LogP contribution in [0.25, 0.3) is 33.5 Å². The molecule has 0 atom stereocenters. The molecule has 3 aromatic carbocycles. The van der Waals surface area contributed by atoms with Gasteiger partial charge in [0.2, 0.25) is 5.69 Å². The maximum Gasteiger partial charge on any atom is 0.220 e. The summed E-state index contributed by atoms with van der Waals surface area (Å²) >= 11 is 0. The van der Waals surface area contributed by atoms with Gasteiger partial charge in [0.25, 0.3) is 0 Å². The third kappa shape index (κ3) is 3.61. The van der Waals surface area contributed by atoms with E-state index in [9.17, 15) is 0 Å². The average molecular weight is 379 g/mol. The van der Waals surface area contributed by atoms with E-state index in [-0.39, 0.29) is 0 Å². The topological polar surface area (TPSA) is 3.88 Å². The van der Waals surface area contributed by atoms with Gasteiger partial charge in [-0.2, -0.15) is 0 Å². The molecule has 0 unspecified atom stereocenters. The van der Waals surface area contributed by atoms with Crippen molar-refractivity contribution >= 4 is 0 Å². The van der Waals surface area contributed by atoms with Crippen LogP contribution in [0.4, 0.5) is 0 Å². The van der Waals surface area contributed by atoms with Crippen LogP contribution in [-0.4, -0.2) is 0 Å². The Kier molecular flexibility index (Phi) is 5.07. The molecular weight excluding hydrogens is 350 g/mol. The molecule has 4 rings (SSSR count). The molecule has 0 amide bonds. The zero-order chi connectivity index (χ0) is 20.5. The quantitative estimate of drug-likeness (QED) is 0.347. The van der Waals surface area contributed by atoms with Crippen molar-refractivity contribution in [2.75, 3.05) is 0 Å². The Morgan fingerprint density at radius 3 is 1.86 bits per heavy atom. The fraction of sp³-hybridized carbons (Fsp3) is 0.179. The van der Waals surface area contributed by atoms with Crippen LogP contribution in [0.3, 0.4) is 0 Å². The summed E-state index contributed by atoms with van der Waals surface area (Å²) < 4.78 is 2.24. The molecule has 144 valence electrons. The molecule has 0 bridgehead atoms. The molecule has 0 radical (unpaired) electrons. The molecule has 0 fully saturated rings. The zero-order valence-corrected chi connectivity index (χ0v) is 18.0. The van der Waals surface area contributed by atoms with Crippen LogP contribution in [0.1, 0.15) is 22.3 Å². The van der Waals surface area contributed by atoms with Crippen molar-refractivity contribution in [2.45, 2.75) is 27.7 Å². The Bertz CT molecular complexity index is 1160. The fourth-order valence-corrected chi connectivity index (χ4v) is 4.29. The zero-order valence-electron chi connectivity index (χ0n) is 18.0. The van der Waals surface area contributed by atoms with Gasteiger partial charge in [0, 0.05) is 11.6 Å². The van der Waals surface area contributed by atoms with Crippen LogP contribution < -0.4 is 4.57 Å². The number of aromatic nitrogens is 1. The summed E-state index contributed by atoms with van der Waals surface area (Å²) in [5.41, 5.74) is 12.9. The summed E-state index contributed by atoms with van der Waals surface area (Å²) in [4.78, 5) is 0. The van der Waals surface area contributed by atoms with Crippen molar-refractivity contribution in [1.29, 1.82) is 0 Å². The van der Waals surface area contributed by atoms with Gasteiger partial charge < -0.3 is 0 Å². The number of hydrogen-bond acceptors (Lipinski definition) is 0. The normalized spacial score (nSPS) is 10.9. The lowest BCUT2D eigenvalue weighted by molar-refractivity contribution is -0.660. The van der Waals surface area contributed by atoms with Crippen LogP contribution >= 0.6 is 0 Å². The maximum atomic E-state index is 2.32. The van der Waals surface area contributed by atoms with Gasteiger partial charge in [0.15, 0.2) is 6.20 Å². The van der Waals surface area contributed by atoms with Gasteiger partial charge in [0.05, 0.1) is 5.56 Å². The van der Waals surface area contributed by atoms with Crippen molar-refractivity contribution in [3.8, 4) is 33.5 Å². The molecule has 1 nitrogen and oxygen atoms in total. The number of pyridine rings is 1. The highest BCUT2D eigenvalue weighted by Gasteiger charge is 2.21. The van der Waals surface area contributed by atoms with Crippen LogP contribution in [0.5, 0.6) is 0 Å². The van der Waals surface area contributed by atoms with Crippen molar-refractivity contribution in [3.05, 3.63) is 101 Å². The highest BCUT2D eigenvalue weighted by atomic mass is 14.9. The predicted molar refractivity (Wildman–Crippen MR) is 123 cm³/mol. The van der Waals surface area contributed by atoms with Gasteiger partial charge >= 0.3 is 0 Å². The molecule has 0 N–H and O–H groups in total. The second-order valence-electron chi connectivity index (χ2n) is 8.05. The molecule has 4 aromatic rings. The van der Waals surface area contributed by atoms with Crippen molar-refractivity contribution in [2.24, 2.45) is 7.05 Å². The number of hydrogen-bond donors (Lipinski definition) is 0. The number of rotatable bonds is 3. The monoisotopic (exact) mass is 378 g/mol. The Labute approximate surface area is 174 Å². The number of aryl methyl sites for hydroxylation is 5. The largest absolute Gasteiger partial charge is 0.220 e. The van der Waals surface area contributed by atoms with Crippen LogP contribution in [0.15, 0.2) is 79.0 Å². The van der Waals surface area contributed by atoms with E-state index in [1.807, 2.05) is 0 Å². The highest BCUT2D eigenvalue weighted by Crippen LogP contribution is 2.37. The summed E-state index contributed by atoms with van der Waals surface area (Å²) in [5.74, 6) is 0. The molecule has 0 aliphatic heterocycles. The molecule has 29 heavy (non-hydrogen) atoms. The second kappa shape index (κ2) is 7.67. The molecule has 1 aromatic heterocycles. The van der Waals surface area contributed by atoms with E-state index in [4.69, 9.17) is 0 Å². The standard InChI is InChI=1S/C28H28N/c1-19-12-14-23(15-13-19)24-17-21(3)27(22(4)18-24)26-11-8-16-29(5)28(26)25-10-7-6-9-20(25)2/h6-18H,1-5H3/q+1. The van der Waals surface area contributed by atoms with Crippen LogP contribution in [0.2, 0.25) is 0 Å².